The van der Waals surface area contributed by atoms with Gasteiger partial charge in [0, 0.05) is 42.8 Å². The third-order valence-corrected chi connectivity index (χ3v) is 4.15. The quantitative estimate of drug-likeness (QED) is 0.863. The number of hydrogen-bond acceptors (Lipinski definition) is 5. The van der Waals surface area contributed by atoms with Crippen LogP contribution >= 0.6 is 11.6 Å². The van der Waals surface area contributed by atoms with E-state index in [-0.39, 0.29) is 0 Å². The summed E-state index contributed by atoms with van der Waals surface area (Å²) in [6.45, 7) is 2.83. The second-order valence-electron chi connectivity index (χ2n) is 6.22. The Labute approximate surface area is 137 Å². The fraction of sp³-hybridized carbons (Fsp3) is 0.625. The summed E-state index contributed by atoms with van der Waals surface area (Å²) in [5, 5.41) is 11.2. The standard InChI is InChI=1S/C16H25ClN2O3/c1-18(2)10-16(20)5-6-19(11-16)9-12-7-13(17)8-14(21-3)15(12)22-4/h7-8,20H,5-6,9-11H2,1-4H3/t16-/m1/s1. The molecule has 22 heavy (non-hydrogen) atoms. The number of likely N-dealkylation sites (tertiary alicyclic amines) is 1. The number of aliphatic hydroxyl groups is 1. The number of nitrogens with zero attached hydrogens (tertiary/aromatic N) is 2. The maximum Gasteiger partial charge on any atom is 0.165 e. The molecule has 0 radical (unpaired) electrons. The molecule has 1 N–H and O–H groups in total. The summed E-state index contributed by atoms with van der Waals surface area (Å²) in [6.07, 6.45) is 0.769. The van der Waals surface area contributed by atoms with Gasteiger partial charge >= 0.3 is 0 Å². The van der Waals surface area contributed by atoms with Crippen molar-refractivity contribution >= 4 is 11.6 Å². The van der Waals surface area contributed by atoms with Crippen LogP contribution in [0.5, 0.6) is 11.5 Å². The van der Waals surface area contributed by atoms with E-state index in [0.717, 1.165) is 18.5 Å². The lowest BCUT2D eigenvalue weighted by atomic mass is 10.0. The largest absolute Gasteiger partial charge is 0.493 e. The van der Waals surface area contributed by atoms with Gasteiger partial charge in [-0.05, 0) is 26.6 Å². The molecule has 1 aromatic carbocycles. The van der Waals surface area contributed by atoms with Crippen molar-refractivity contribution in [2.75, 3.05) is 47.9 Å². The lowest BCUT2D eigenvalue weighted by Crippen LogP contribution is -2.42. The van der Waals surface area contributed by atoms with E-state index in [1.54, 1.807) is 20.3 Å². The molecule has 0 bridgehead atoms. The molecule has 1 saturated heterocycles. The molecule has 6 heteroatoms. The molecule has 1 aliphatic heterocycles. The third kappa shape index (κ3) is 4.04. The van der Waals surface area contributed by atoms with E-state index in [9.17, 15) is 5.11 Å². The van der Waals surface area contributed by atoms with Gasteiger partial charge in [0.15, 0.2) is 11.5 Å². The van der Waals surface area contributed by atoms with Crippen LogP contribution in [0.4, 0.5) is 0 Å². The Bertz CT molecular complexity index is 524. The van der Waals surface area contributed by atoms with Gasteiger partial charge in [-0.15, -0.1) is 0 Å². The van der Waals surface area contributed by atoms with Gasteiger partial charge in [-0.3, -0.25) is 4.90 Å². The normalized spacial score (nSPS) is 22.3. The highest BCUT2D eigenvalue weighted by atomic mass is 35.5. The second kappa shape index (κ2) is 7.04. The number of likely N-dealkylation sites (N-methyl/N-ethyl adjacent to an activating group) is 1. The maximum absolute atomic E-state index is 10.6. The summed E-state index contributed by atoms with van der Waals surface area (Å²) in [6, 6.07) is 3.64. The Morgan fingerprint density at radius 1 is 1.32 bits per heavy atom. The van der Waals surface area contributed by atoms with E-state index >= 15 is 0 Å². The molecule has 0 unspecified atom stereocenters. The molecule has 1 atom stereocenters. The highest BCUT2D eigenvalue weighted by Crippen LogP contribution is 2.36. The van der Waals surface area contributed by atoms with E-state index in [0.29, 0.717) is 36.2 Å². The minimum Gasteiger partial charge on any atom is -0.493 e. The van der Waals surface area contributed by atoms with Crippen molar-refractivity contribution in [3.8, 4) is 11.5 Å². The van der Waals surface area contributed by atoms with Gasteiger partial charge < -0.3 is 19.5 Å². The first-order valence-corrected chi connectivity index (χ1v) is 7.74. The maximum atomic E-state index is 10.6. The molecule has 1 fully saturated rings. The fourth-order valence-electron chi connectivity index (χ4n) is 3.16. The Balaban J connectivity index is 2.13. The Kier molecular flexibility index (Phi) is 5.55. The van der Waals surface area contributed by atoms with Crippen LogP contribution in [0.15, 0.2) is 12.1 Å². The van der Waals surface area contributed by atoms with Gasteiger partial charge in [-0.1, -0.05) is 11.6 Å². The number of methoxy groups -OCH3 is 2. The summed E-state index contributed by atoms with van der Waals surface area (Å²) >= 11 is 6.16. The summed E-state index contributed by atoms with van der Waals surface area (Å²) in [5.74, 6) is 1.34. The SMILES string of the molecule is COc1cc(Cl)cc(CN2CC[C@@](O)(CN(C)C)C2)c1OC. The zero-order chi connectivity index (χ0) is 16.3. The molecule has 0 aromatic heterocycles. The van der Waals surface area contributed by atoms with Gasteiger partial charge in [0.05, 0.1) is 19.8 Å². The van der Waals surface area contributed by atoms with Crippen molar-refractivity contribution < 1.29 is 14.6 Å². The molecule has 124 valence electrons. The summed E-state index contributed by atoms with van der Waals surface area (Å²) in [7, 11) is 7.18. The van der Waals surface area contributed by atoms with Crippen LogP contribution < -0.4 is 9.47 Å². The number of hydrogen-bond donors (Lipinski definition) is 1. The summed E-state index contributed by atoms with van der Waals surface area (Å²) in [4.78, 5) is 4.24. The fourth-order valence-corrected chi connectivity index (χ4v) is 3.39. The van der Waals surface area contributed by atoms with E-state index < -0.39 is 5.60 Å². The van der Waals surface area contributed by atoms with E-state index in [1.165, 1.54) is 0 Å². The Morgan fingerprint density at radius 3 is 2.64 bits per heavy atom. The van der Waals surface area contributed by atoms with Crippen LogP contribution in [0.3, 0.4) is 0 Å². The Hall–Kier alpha value is -1.01. The highest BCUT2D eigenvalue weighted by Gasteiger charge is 2.36. The van der Waals surface area contributed by atoms with Crippen LogP contribution in [0, 0.1) is 0 Å². The average molecular weight is 329 g/mol. The first-order chi connectivity index (χ1) is 10.4. The molecule has 0 spiro atoms. The van der Waals surface area contributed by atoms with Crippen molar-refractivity contribution in [2.45, 2.75) is 18.6 Å². The van der Waals surface area contributed by atoms with Crippen LogP contribution in [0.2, 0.25) is 5.02 Å². The zero-order valence-corrected chi connectivity index (χ0v) is 14.5. The zero-order valence-electron chi connectivity index (χ0n) is 13.7. The number of halogens is 1. The van der Waals surface area contributed by atoms with Gasteiger partial charge in [0.25, 0.3) is 0 Å². The van der Waals surface area contributed by atoms with Crippen molar-refractivity contribution in [3.63, 3.8) is 0 Å². The molecule has 1 aromatic rings. The molecular formula is C16H25ClN2O3. The minimum absolute atomic E-state index is 0.621. The molecule has 0 saturated carbocycles. The van der Waals surface area contributed by atoms with Gasteiger partial charge in [0.1, 0.15) is 0 Å². The highest BCUT2D eigenvalue weighted by molar-refractivity contribution is 6.30. The predicted molar refractivity (Wildman–Crippen MR) is 88.0 cm³/mol. The van der Waals surface area contributed by atoms with Crippen LogP contribution in [0.1, 0.15) is 12.0 Å². The van der Waals surface area contributed by atoms with Gasteiger partial charge in [-0.25, -0.2) is 0 Å². The predicted octanol–water partition coefficient (Wildman–Crippen LogP) is 1.86. The van der Waals surface area contributed by atoms with Crippen molar-refractivity contribution in [2.24, 2.45) is 0 Å². The van der Waals surface area contributed by atoms with Crippen molar-refractivity contribution in [3.05, 3.63) is 22.7 Å². The van der Waals surface area contributed by atoms with Crippen molar-refractivity contribution in [1.82, 2.24) is 9.80 Å². The first-order valence-electron chi connectivity index (χ1n) is 7.37. The summed E-state index contributed by atoms with van der Waals surface area (Å²) < 4.78 is 10.8. The van der Waals surface area contributed by atoms with Crippen LogP contribution in [-0.2, 0) is 6.54 Å². The van der Waals surface area contributed by atoms with Crippen molar-refractivity contribution in [1.29, 1.82) is 0 Å². The smallest absolute Gasteiger partial charge is 0.165 e. The summed E-state index contributed by atoms with van der Waals surface area (Å²) in [5.41, 5.74) is 0.320. The van der Waals surface area contributed by atoms with Crippen LogP contribution in [-0.4, -0.2) is 68.5 Å². The molecule has 5 nitrogen and oxygen atoms in total. The van der Waals surface area contributed by atoms with E-state index in [4.69, 9.17) is 21.1 Å². The lowest BCUT2D eigenvalue weighted by molar-refractivity contribution is 0.0239. The van der Waals surface area contributed by atoms with Gasteiger partial charge in [-0.2, -0.15) is 0 Å². The molecule has 1 heterocycles. The molecule has 1 aliphatic rings. The van der Waals surface area contributed by atoms with Crippen LogP contribution in [0.25, 0.3) is 0 Å². The number of ether oxygens (including phenoxy) is 2. The van der Waals surface area contributed by atoms with E-state index in [1.807, 2.05) is 25.1 Å². The number of benzene rings is 1. The Morgan fingerprint density at radius 2 is 2.05 bits per heavy atom. The molecule has 2 rings (SSSR count). The van der Waals surface area contributed by atoms with E-state index in [2.05, 4.69) is 4.90 Å². The number of β-amino-alcohol motifs (C(OH)–C–C–N with tert-alkyl or cyclic N) is 1. The lowest BCUT2D eigenvalue weighted by Gasteiger charge is -2.27. The molecule has 0 aliphatic carbocycles. The molecular weight excluding hydrogens is 304 g/mol. The average Bonchev–Trinajstić information content (AvgIpc) is 2.78. The first kappa shape index (κ1) is 17.3. The monoisotopic (exact) mass is 328 g/mol. The van der Waals surface area contributed by atoms with Gasteiger partial charge in [0.2, 0.25) is 0 Å². The second-order valence-corrected chi connectivity index (χ2v) is 6.66. The number of rotatable bonds is 6. The third-order valence-electron chi connectivity index (χ3n) is 3.94. The molecule has 0 amide bonds. The minimum atomic E-state index is -0.653. The topological polar surface area (TPSA) is 45.2 Å².